The number of nitrogens with zero attached hydrogens (tertiary/aromatic N) is 1. The summed E-state index contributed by atoms with van der Waals surface area (Å²) in [6.07, 6.45) is 1.52. The molecule has 27 heavy (non-hydrogen) atoms. The molecule has 0 fully saturated rings. The molecule has 0 aliphatic rings. The van der Waals surface area contributed by atoms with Crippen molar-refractivity contribution in [2.45, 2.75) is 4.90 Å². The summed E-state index contributed by atoms with van der Waals surface area (Å²) in [5, 5.41) is 1.79. The second kappa shape index (κ2) is 6.93. The molecule has 0 saturated heterocycles. The topological polar surface area (TPSA) is 48.3 Å². The Kier molecular flexibility index (Phi) is 4.60. The smallest absolute Gasteiger partial charge is 0.268 e. The Morgan fingerprint density at radius 1 is 0.852 bits per heavy atom. The van der Waals surface area contributed by atoms with Crippen LogP contribution in [0.15, 0.2) is 83.9 Å². The number of benzene rings is 3. The van der Waals surface area contributed by atoms with Crippen LogP contribution in [0.5, 0.6) is 11.5 Å². The SMILES string of the molecule is O=S(=O)(c1ccc(Oc2ccccc2Cl)cc1)n1ccc2cc(Cl)ccc21. The Labute approximate surface area is 166 Å². The van der Waals surface area contributed by atoms with Crippen LogP contribution in [0.4, 0.5) is 0 Å². The Balaban J connectivity index is 1.67. The number of fused-ring (bicyclic) bond motifs is 1. The van der Waals surface area contributed by atoms with Crippen LogP contribution in [0.2, 0.25) is 10.0 Å². The van der Waals surface area contributed by atoms with E-state index in [0.29, 0.717) is 27.1 Å². The summed E-state index contributed by atoms with van der Waals surface area (Å²) in [7, 11) is -3.74. The first-order valence-electron chi connectivity index (χ1n) is 8.00. The molecule has 0 saturated carbocycles. The van der Waals surface area contributed by atoms with E-state index in [1.807, 2.05) is 6.07 Å². The van der Waals surface area contributed by atoms with Gasteiger partial charge in [-0.25, -0.2) is 12.4 Å². The summed E-state index contributed by atoms with van der Waals surface area (Å²) in [6, 6.07) is 20.1. The van der Waals surface area contributed by atoms with Crippen LogP contribution in [-0.2, 0) is 10.0 Å². The fourth-order valence-corrected chi connectivity index (χ4v) is 4.45. The first kappa shape index (κ1) is 17.9. The highest BCUT2D eigenvalue weighted by Gasteiger charge is 2.19. The first-order chi connectivity index (χ1) is 12.9. The van der Waals surface area contributed by atoms with E-state index in [-0.39, 0.29) is 4.90 Å². The molecule has 0 amide bonds. The number of hydrogen-bond acceptors (Lipinski definition) is 3. The molecule has 7 heteroatoms. The van der Waals surface area contributed by atoms with Gasteiger partial charge in [-0.15, -0.1) is 0 Å². The van der Waals surface area contributed by atoms with Gasteiger partial charge in [-0.2, -0.15) is 0 Å². The van der Waals surface area contributed by atoms with E-state index in [1.54, 1.807) is 54.6 Å². The minimum atomic E-state index is -3.74. The molecule has 3 aromatic carbocycles. The Hall–Kier alpha value is -2.47. The van der Waals surface area contributed by atoms with E-state index in [2.05, 4.69) is 0 Å². The Morgan fingerprint density at radius 3 is 2.33 bits per heavy atom. The summed E-state index contributed by atoms with van der Waals surface area (Å²) in [4.78, 5) is 0.154. The number of hydrogen-bond donors (Lipinski definition) is 0. The molecule has 4 aromatic rings. The average Bonchev–Trinajstić information content (AvgIpc) is 3.08. The second-order valence-electron chi connectivity index (χ2n) is 5.82. The van der Waals surface area contributed by atoms with Gasteiger partial charge < -0.3 is 4.74 Å². The lowest BCUT2D eigenvalue weighted by atomic mass is 10.2. The second-order valence-corrected chi connectivity index (χ2v) is 8.48. The van der Waals surface area contributed by atoms with Gasteiger partial charge in [0.2, 0.25) is 0 Å². The van der Waals surface area contributed by atoms with Gasteiger partial charge in [-0.3, -0.25) is 0 Å². The first-order valence-corrected chi connectivity index (χ1v) is 10.2. The molecule has 4 nitrogen and oxygen atoms in total. The summed E-state index contributed by atoms with van der Waals surface area (Å²) in [6.45, 7) is 0. The van der Waals surface area contributed by atoms with E-state index < -0.39 is 10.0 Å². The van der Waals surface area contributed by atoms with Crippen molar-refractivity contribution in [2.75, 3.05) is 0 Å². The van der Waals surface area contributed by atoms with Crippen molar-refractivity contribution in [3.8, 4) is 11.5 Å². The van der Waals surface area contributed by atoms with Gasteiger partial charge >= 0.3 is 0 Å². The van der Waals surface area contributed by atoms with Crippen LogP contribution in [0.3, 0.4) is 0 Å². The van der Waals surface area contributed by atoms with Crippen molar-refractivity contribution in [2.24, 2.45) is 0 Å². The highest BCUT2D eigenvalue weighted by Crippen LogP contribution is 2.30. The molecule has 0 bridgehead atoms. The Bertz CT molecular complexity index is 1230. The van der Waals surface area contributed by atoms with Crippen molar-refractivity contribution in [3.63, 3.8) is 0 Å². The predicted molar refractivity (Wildman–Crippen MR) is 107 cm³/mol. The number of rotatable bonds is 4. The molecule has 0 radical (unpaired) electrons. The minimum absolute atomic E-state index is 0.154. The van der Waals surface area contributed by atoms with Crippen molar-refractivity contribution in [3.05, 3.63) is 89.0 Å². The van der Waals surface area contributed by atoms with Gasteiger partial charge in [0.25, 0.3) is 10.0 Å². The Morgan fingerprint density at radius 2 is 1.59 bits per heavy atom. The maximum Gasteiger partial charge on any atom is 0.268 e. The third kappa shape index (κ3) is 3.41. The zero-order chi connectivity index (χ0) is 19.0. The lowest BCUT2D eigenvalue weighted by molar-refractivity contribution is 0.482. The maximum atomic E-state index is 13.0. The van der Waals surface area contributed by atoms with E-state index in [0.717, 1.165) is 5.39 Å². The third-order valence-electron chi connectivity index (χ3n) is 4.06. The lowest BCUT2D eigenvalue weighted by Crippen LogP contribution is -2.11. The maximum absolute atomic E-state index is 13.0. The van der Waals surface area contributed by atoms with Crippen molar-refractivity contribution in [1.82, 2.24) is 3.97 Å². The van der Waals surface area contributed by atoms with E-state index in [4.69, 9.17) is 27.9 Å². The van der Waals surface area contributed by atoms with E-state index >= 15 is 0 Å². The van der Waals surface area contributed by atoms with Crippen LogP contribution < -0.4 is 4.74 Å². The molecule has 0 N–H and O–H groups in total. The average molecular weight is 418 g/mol. The molecule has 4 rings (SSSR count). The summed E-state index contributed by atoms with van der Waals surface area (Å²) >= 11 is 12.1. The number of aromatic nitrogens is 1. The molecule has 0 atom stereocenters. The van der Waals surface area contributed by atoms with E-state index in [9.17, 15) is 8.42 Å². The highest BCUT2D eigenvalue weighted by atomic mass is 35.5. The zero-order valence-corrected chi connectivity index (χ0v) is 16.2. The normalized spacial score (nSPS) is 11.6. The van der Waals surface area contributed by atoms with Crippen LogP contribution >= 0.6 is 23.2 Å². The minimum Gasteiger partial charge on any atom is -0.456 e. The van der Waals surface area contributed by atoms with Crippen molar-refractivity contribution < 1.29 is 13.2 Å². The zero-order valence-electron chi connectivity index (χ0n) is 13.8. The molecular formula is C20H13Cl2NO3S. The van der Waals surface area contributed by atoms with Gasteiger partial charge in [-0.05, 0) is 60.7 Å². The molecule has 1 aromatic heterocycles. The molecule has 0 aliphatic carbocycles. The molecule has 1 heterocycles. The van der Waals surface area contributed by atoms with Crippen LogP contribution in [-0.4, -0.2) is 12.4 Å². The summed E-state index contributed by atoms with van der Waals surface area (Å²) in [5.41, 5.74) is 0.566. The van der Waals surface area contributed by atoms with Gasteiger partial charge in [0.15, 0.2) is 0 Å². The number of para-hydroxylation sites is 1. The van der Waals surface area contributed by atoms with Crippen LogP contribution in [0.1, 0.15) is 0 Å². The van der Waals surface area contributed by atoms with Gasteiger partial charge in [0, 0.05) is 16.6 Å². The molecule has 136 valence electrons. The lowest BCUT2D eigenvalue weighted by Gasteiger charge is -2.10. The molecular weight excluding hydrogens is 405 g/mol. The molecule has 0 unspecified atom stereocenters. The molecule has 0 spiro atoms. The molecule has 0 aliphatic heterocycles. The third-order valence-corrected chi connectivity index (χ3v) is 6.31. The quantitative estimate of drug-likeness (QED) is 0.410. The van der Waals surface area contributed by atoms with Gasteiger partial charge in [0.05, 0.1) is 15.4 Å². The van der Waals surface area contributed by atoms with Crippen molar-refractivity contribution >= 4 is 44.1 Å². The predicted octanol–water partition coefficient (Wildman–Crippen LogP) is 5.98. The number of ether oxygens (including phenoxy) is 1. The highest BCUT2D eigenvalue weighted by molar-refractivity contribution is 7.90. The summed E-state index contributed by atoms with van der Waals surface area (Å²) in [5.74, 6) is 0.995. The van der Waals surface area contributed by atoms with Gasteiger partial charge in [-0.1, -0.05) is 35.3 Å². The fraction of sp³-hybridized carbons (Fsp3) is 0. The number of halogens is 2. The largest absolute Gasteiger partial charge is 0.456 e. The van der Waals surface area contributed by atoms with E-state index in [1.165, 1.54) is 22.3 Å². The summed E-state index contributed by atoms with van der Waals surface area (Å²) < 4.78 is 32.9. The van der Waals surface area contributed by atoms with Crippen LogP contribution in [0, 0.1) is 0 Å². The fourth-order valence-electron chi connectivity index (χ4n) is 2.75. The van der Waals surface area contributed by atoms with Crippen LogP contribution in [0.25, 0.3) is 10.9 Å². The van der Waals surface area contributed by atoms with Crippen molar-refractivity contribution in [1.29, 1.82) is 0 Å². The van der Waals surface area contributed by atoms with Gasteiger partial charge in [0.1, 0.15) is 11.5 Å². The standard InChI is InChI=1S/C20H13Cl2NO3S/c21-15-5-10-19-14(13-15)11-12-23(19)27(24,25)17-8-6-16(7-9-17)26-20-4-2-1-3-18(20)22/h1-13H. The monoisotopic (exact) mass is 417 g/mol.